The summed E-state index contributed by atoms with van der Waals surface area (Å²) in [6, 6.07) is 7.32. The monoisotopic (exact) mass is 345 g/mol. The molecule has 1 aromatic heterocycles. The lowest BCUT2D eigenvalue weighted by Gasteiger charge is -2.26. The van der Waals surface area contributed by atoms with Gasteiger partial charge in [-0.05, 0) is 31.0 Å². The summed E-state index contributed by atoms with van der Waals surface area (Å²) in [5.41, 5.74) is 2.41. The Balaban J connectivity index is 2.30. The molecule has 0 bridgehead atoms. The third-order valence-electron chi connectivity index (χ3n) is 4.50. The molecule has 2 rings (SSSR count). The van der Waals surface area contributed by atoms with Crippen molar-refractivity contribution in [2.75, 3.05) is 21.3 Å². The van der Waals surface area contributed by atoms with Crippen LogP contribution in [-0.4, -0.2) is 41.9 Å². The predicted molar refractivity (Wildman–Crippen MR) is 97.4 cm³/mol. The molecule has 1 unspecified atom stereocenters. The molecule has 0 aliphatic heterocycles. The molecule has 0 fully saturated rings. The molecular weight excluding hydrogens is 318 g/mol. The lowest BCUT2D eigenvalue weighted by Crippen LogP contribution is -2.31. The Bertz CT molecular complexity index is 752. The first-order valence-corrected chi connectivity index (χ1v) is 8.33. The average molecular weight is 345 g/mol. The third-order valence-corrected chi connectivity index (χ3v) is 4.50. The van der Waals surface area contributed by atoms with Crippen molar-refractivity contribution in [1.82, 2.24) is 14.7 Å². The van der Waals surface area contributed by atoms with Crippen molar-refractivity contribution in [2.45, 2.75) is 32.7 Å². The van der Waals surface area contributed by atoms with Crippen LogP contribution in [0.1, 0.15) is 54.5 Å². The van der Waals surface area contributed by atoms with Crippen LogP contribution in [0.4, 0.5) is 0 Å². The van der Waals surface area contributed by atoms with Gasteiger partial charge < -0.3 is 14.4 Å². The van der Waals surface area contributed by atoms with Gasteiger partial charge >= 0.3 is 0 Å². The maximum absolute atomic E-state index is 12.9. The van der Waals surface area contributed by atoms with Gasteiger partial charge in [-0.2, -0.15) is 5.10 Å². The molecule has 0 aliphatic carbocycles. The summed E-state index contributed by atoms with van der Waals surface area (Å²) in [6.07, 6.45) is 0. The quantitative estimate of drug-likeness (QED) is 0.805. The third kappa shape index (κ3) is 3.78. The van der Waals surface area contributed by atoms with Crippen LogP contribution in [0.15, 0.2) is 24.3 Å². The SMILES string of the molecule is COc1ccc(C(C)N(C)C(=O)c2cc(C(C)C)nn2C)c(OC)c1. The first-order valence-electron chi connectivity index (χ1n) is 8.33. The molecule has 25 heavy (non-hydrogen) atoms. The topological polar surface area (TPSA) is 56.6 Å². The van der Waals surface area contributed by atoms with E-state index in [1.165, 1.54) is 0 Å². The number of aryl methyl sites for hydroxylation is 1. The second-order valence-corrected chi connectivity index (χ2v) is 6.43. The zero-order chi connectivity index (χ0) is 18.7. The maximum Gasteiger partial charge on any atom is 0.272 e. The second kappa shape index (κ2) is 7.59. The fourth-order valence-corrected chi connectivity index (χ4v) is 2.70. The highest BCUT2D eigenvalue weighted by atomic mass is 16.5. The summed E-state index contributed by atoms with van der Waals surface area (Å²) in [5.74, 6) is 1.61. The summed E-state index contributed by atoms with van der Waals surface area (Å²) >= 11 is 0. The Morgan fingerprint density at radius 3 is 2.36 bits per heavy atom. The van der Waals surface area contributed by atoms with Crippen LogP contribution in [0.25, 0.3) is 0 Å². The van der Waals surface area contributed by atoms with Gasteiger partial charge in [-0.25, -0.2) is 0 Å². The van der Waals surface area contributed by atoms with Crippen molar-refractivity contribution < 1.29 is 14.3 Å². The van der Waals surface area contributed by atoms with Crippen LogP contribution < -0.4 is 9.47 Å². The molecule has 0 radical (unpaired) electrons. The molecule has 136 valence electrons. The number of nitrogens with zero attached hydrogens (tertiary/aromatic N) is 3. The van der Waals surface area contributed by atoms with Gasteiger partial charge in [0, 0.05) is 25.7 Å². The van der Waals surface area contributed by atoms with E-state index in [1.807, 2.05) is 31.2 Å². The van der Waals surface area contributed by atoms with Crippen molar-refractivity contribution in [2.24, 2.45) is 7.05 Å². The highest BCUT2D eigenvalue weighted by Crippen LogP contribution is 2.32. The molecule has 1 aromatic carbocycles. The van der Waals surface area contributed by atoms with Gasteiger partial charge in [0.25, 0.3) is 5.91 Å². The first kappa shape index (κ1) is 18.8. The number of carbonyl (C=O) groups is 1. The predicted octanol–water partition coefficient (Wildman–Crippen LogP) is 3.39. The summed E-state index contributed by atoms with van der Waals surface area (Å²) in [6.45, 7) is 6.10. The normalized spacial score (nSPS) is 12.2. The van der Waals surface area contributed by atoms with Crippen molar-refractivity contribution in [1.29, 1.82) is 0 Å². The largest absolute Gasteiger partial charge is 0.497 e. The van der Waals surface area contributed by atoms with E-state index < -0.39 is 0 Å². The van der Waals surface area contributed by atoms with Gasteiger partial charge in [-0.3, -0.25) is 9.48 Å². The summed E-state index contributed by atoms with van der Waals surface area (Å²) in [7, 11) is 6.81. The van der Waals surface area contributed by atoms with Gasteiger partial charge in [-0.15, -0.1) is 0 Å². The van der Waals surface area contributed by atoms with Gasteiger partial charge in [0.1, 0.15) is 17.2 Å². The van der Waals surface area contributed by atoms with Crippen molar-refractivity contribution >= 4 is 5.91 Å². The number of amides is 1. The number of ether oxygens (including phenoxy) is 2. The molecule has 0 N–H and O–H groups in total. The van der Waals surface area contributed by atoms with Crippen LogP contribution >= 0.6 is 0 Å². The second-order valence-electron chi connectivity index (χ2n) is 6.43. The van der Waals surface area contributed by atoms with Crippen LogP contribution in [-0.2, 0) is 7.05 Å². The summed E-state index contributed by atoms with van der Waals surface area (Å²) < 4.78 is 12.4. The van der Waals surface area contributed by atoms with Crippen molar-refractivity contribution in [3.63, 3.8) is 0 Å². The van der Waals surface area contributed by atoms with E-state index in [0.29, 0.717) is 11.4 Å². The lowest BCUT2D eigenvalue weighted by atomic mass is 10.0. The van der Waals surface area contributed by atoms with Gasteiger partial charge in [0.05, 0.1) is 26.0 Å². The number of hydrogen-bond acceptors (Lipinski definition) is 4. The standard InChI is InChI=1S/C19H27N3O3/c1-12(2)16-11-17(22(5)20-16)19(23)21(4)13(3)15-9-8-14(24-6)10-18(15)25-7/h8-13H,1-7H3. The van der Waals surface area contributed by atoms with E-state index in [2.05, 4.69) is 18.9 Å². The van der Waals surface area contributed by atoms with Crippen LogP contribution in [0.3, 0.4) is 0 Å². The van der Waals surface area contributed by atoms with E-state index in [-0.39, 0.29) is 17.9 Å². The van der Waals surface area contributed by atoms with Gasteiger partial charge in [0.2, 0.25) is 0 Å². The van der Waals surface area contributed by atoms with Crippen molar-refractivity contribution in [3.8, 4) is 11.5 Å². The van der Waals surface area contributed by atoms with Gasteiger partial charge in [0.15, 0.2) is 0 Å². The molecule has 1 atom stereocenters. The minimum Gasteiger partial charge on any atom is -0.497 e. The number of rotatable bonds is 6. The minimum atomic E-state index is -0.161. The number of benzene rings is 1. The highest BCUT2D eigenvalue weighted by molar-refractivity contribution is 5.92. The fourth-order valence-electron chi connectivity index (χ4n) is 2.70. The molecule has 0 aliphatic rings. The van der Waals surface area contributed by atoms with Crippen LogP contribution in [0.2, 0.25) is 0 Å². The zero-order valence-electron chi connectivity index (χ0n) is 16.0. The lowest BCUT2D eigenvalue weighted by molar-refractivity contribution is 0.0730. The summed E-state index contributed by atoms with van der Waals surface area (Å²) in [4.78, 5) is 14.6. The van der Waals surface area contributed by atoms with Crippen LogP contribution in [0.5, 0.6) is 11.5 Å². The summed E-state index contributed by atoms with van der Waals surface area (Å²) in [5, 5.41) is 4.43. The molecule has 6 nitrogen and oxygen atoms in total. The Hall–Kier alpha value is -2.50. The van der Waals surface area contributed by atoms with E-state index in [4.69, 9.17) is 9.47 Å². The number of carbonyl (C=O) groups excluding carboxylic acids is 1. The Morgan fingerprint density at radius 2 is 1.84 bits per heavy atom. The van der Waals surface area contributed by atoms with E-state index in [1.54, 1.807) is 37.9 Å². The minimum absolute atomic E-state index is 0.0766. The number of hydrogen-bond donors (Lipinski definition) is 0. The Kier molecular flexibility index (Phi) is 5.72. The number of aromatic nitrogens is 2. The zero-order valence-corrected chi connectivity index (χ0v) is 16.0. The first-order chi connectivity index (χ1) is 11.8. The Labute approximate surface area is 149 Å². The molecule has 1 amide bonds. The van der Waals surface area contributed by atoms with Gasteiger partial charge in [-0.1, -0.05) is 13.8 Å². The number of methoxy groups -OCH3 is 2. The molecular formula is C19H27N3O3. The van der Waals surface area contributed by atoms with E-state index in [0.717, 1.165) is 17.0 Å². The molecule has 0 saturated heterocycles. The van der Waals surface area contributed by atoms with Crippen molar-refractivity contribution in [3.05, 3.63) is 41.2 Å². The average Bonchev–Trinajstić information content (AvgIpc) is 3.01. The van der Waals surface area contributed by atoms with E-state index in [9.17, 15) is 4.79 Å². The highest BCUT2D eigenvalue weighted by Gasteiger charge is 2.25. The maximum atomic E-state index is 12.9. The Morgan fingerprint density at radius 1 is 1.16 bits per heavy atom. The van der Waals surface area contributed by atoms with E-state index >= 15 is 0 Å². The molecule has 2 aromatic rings. The molecule has 6 heteroatoms. The smallest absolute Gasteiger partial charge is 0.272 e. The molecule has 1 heterocycles. The molecule has 0 saturated carbocycles. The van der Waals surface area contributed by atoms with Crippen LogP contribution in [0, 0.1) is 0 Å². The molecule has 0 spiro atoms. The fraction of sp³-hybridized carbons (Fsp3) is 0.474.